The zero-order valence-corrected chi connectivity index (χ0v) is 8.69. The molecule has 1 aromatic rings. The molecule has 0 bridgehead atoms. The third-order valence-electron chi connectivity index (χ3n) is 1.63. The van der Waals surface area contributed by atoms with Gasteiger partial charge in [0.05, 0.1) is 0 Å². The molecule has 0 radical (unpaired) electrons. The topological polar surface area (TPSA) is 88.5 Å². The Hall–Kier alpha value is -2.32. The summed E-state index contributed by atoms with van der Waals surface area (Å²) in [5.74, 6) is -1.77. The van der Waals surface area contributed by atoms with Crippen molar-refractivity contribution in [2.75, 3.05) is 11.9 Å². The number of rotatable bonds is 3. The van der Waals surface area contributed by atoms with Gasteiger partial charge < -0.3 is 9.84 Å². The van der Waals surface area contributed by atoms with Crippen LogP contribution < -0.4 is 5.32 Å². The van der Waals surface area contributed by atoms with Crippen molar-refractivity contribution in [2.45, 2.75) is 6.18 Å². The monoisotopic (exact) mass is 264 g/mol. The summed E-state index contributed by atoms with van der Waals surface area (Å²) in [5.41, 5.74) is -0.360. The zero-order chi connectivity index (χ0) is 13.8. The van der Waals surface area contributed by atoms with E-state index in [2.05, 4.69) is 9.72 Å². The molecular formula is C9H7F3N2O4. The van der Waals surface area contributed by atoms with E-state index in [0.29, 0.717) is 0 Å². The minimum atomic E-state index is -4.66. The first kappa shape index (κ1) is 13.7. The summed E-state index contributed by atoms with van der Waals surface area (Å²) in [7, 11) is 0. The van der Waals surface area contributed by atoms with Gasteiger partial charge in [-0.2, -0.15) is 13.2 Å². The number of carboxylic acids is 1. The molecule has 0 saturated carbocycles. The highest BCUT2D eigenvalue weighted by atomic mass is 19.4. The van der Waals surface area contributed by atoms with E-state index in [9.17, 15) is 22.8 Å². The number of carbonyl (C=O) groups is 2. The van der Waals surface area contributed by atoms with E-state index in [1.165, 1.54) is 12.3 Å². The number of amides is 1. The first-order valence-electron chi connectivity index (χ1n) is 4.48. The third-order valence-corrected chi connectivity index (χ3v) is 1.63. The molecular weight excluding hydrogens is 257 g/mol. The lowest BCUT2D eigenvalue weighted by Crippen LogP contribution is -2.24. The van der Waals surface area contributed by atoms with E-state index in [-0.39, 0.29) is 5.56 Å². The van der Waals surface area contributed by atoms with E-state index in [4.69, 9.17) is 5.11 Å². The van der Waals surface area contributed by atoms with Crippen molar-refractivity contribution in [1.29, 1.82) is 0 Å². The highest BCUT2D eigenvalue weighted by molar-refractivity contribution is 5.97. The molecule has 18 heavy (non-hydrogen) atoms. The molecule has 0 atom stereocenters. The van der Waals surface area contributed by atoms with Gasteiger partial charge in [0.2, 0.25) is 0 Å². The number of carbonyl (C=O) groups excluding carboxylic acids is 1. The zero-order valence-electron chi connectivity index (χ0n) is 8.69. The molecule has 0 unspecified atom stereocenters. The molecule has 1 aromatic heterocycles. The fraction of sp³-hybridized carbons (Fsp3) is 0.222. The number of carboxylic acid groups (broad SMARTS) is 1. The van der Waals surface area contributed by atoms with Gasteiger partial charge in [0.25, 0.3) is 0 Å². The van der Waals surface area contributed by atoms with Crippen LogP contribution in [0.2, 0.25) is 0 Å². The second-order valence-electron chi connectivity index (χ2n) is 3.02. The number of nitrogens with zero attached hydrogens (tertiary/aromatic N) is 1. The van der Waals surface area contributed by atoms with Gasteiger partial charge in [-0.3, -0.25) is 5.32 Å². The first-order chi connectivity index (χ1) is 8.29. The third kappa shape index (κ3) is 4.28. The maximum Gasteiger partial charge on any atom is 0.422 e. The van der Waals surface area contributed by atoms with Gasteiger partial charge in [-0.05, 0) is 12.1 Å². The lowest BCUT2D eigenvalue weighted by Gasteiger charge is -2.09. The molecule has 98 valence electrons. The van der Waals surface area contributed by atoms with Crippen LogP contribution in [0.3, 0.4) is 0 Å². The van der Waals surface area contributed by atoms with Gasteiger partial charge in [-0.25, -0.2) is 14.6 Å². The van der Waals surface area contributed by atoms with Crippen molar-refractivity contribution in [3.63, 3.8) is 0 Å². The van der Waals surface area contributed by atoms with E-state index >= 15 is 0 Å². The number of halogens is 3. The second kappa shape index (κ2) is 5.34. The molecule has 0 aliphatic heterocycles. The van der Waals surface area contributed by atoms with Crippen molar-refractivity contribution >= 4 is 17.9 Å². The number of aromatic nitrogens is 1. The fourth-order valence-corrected chi connectivity index (χ4v) is 0.958. The summed E-state index contributed by atoms with van der Waals surface area (Å²) in [6.45, 7) is -1.77. The molecule has 6 nitrogen and oxygen atoms in total. The maximum absolute atomic E-state index is 11.7. The van der Waals surface area contributed by atoms with Gasteiger partial charge >= 0.3 is 18.2 Å². The predicted molar refractivity (Wildman–Crippen MR) is 52.2 cm³/mol. The minimum absolute atomic E-state index is 0.360. The van der Waals surface area contributed by atoms with Crippen LogP contribution in [-0.4, -0.2) is 34.9 Å². The average molecular weight is 264 g/mol. The summed E-state index contributed by atoms with van der Waals surface area (Å²) < 4.78 is 39.1. The van der Waals surface area contributed by atoms with Crippen LogP contribution in [-0.2, 0) is 4.74 Å². The van der Waals surface area contributed by atoms with Crippen LogP contribution in [0.1, 0.15) is 10.4 Å². The van der Waals surface area contributed by atoms with Crippen molar-refractivity contribution < 1.29 is 32.6 Å². The van der Waals surface area contributed by atoms with Crippen LogP contribution >= 0.6 is 0 Å². The number of alkyl halides is 3. The van der Waals surface area contributed by atoms with Crippen molar-refractivity contribution in [1.82, 2.24) is 4.98 Å². The van der Waals surface area contributed by atoms with E-state index in [1.807, 2.05) is 5.32 Å². The SMILES string of the molecule is O=C(Nc1ncccc1C(=O)O)OCC(F)(F)F. The Morgan fingerprint density at radius 2 is 2.11 bits per heavy atom. The Labute approximate surface area is 98.4 Å². The highest BCUT2D eigenvalue weighted by Crippen LogP contribution is 2.16. The van der Waals surface area contributed by atoms with Crippen LogP contribution in [0, 0.1) is 0 Å². The number of aromatic carboxylic acids is 1. The van der Waals surface area contributed by atoms with Crippen molar-refractivity contribution in [3.05, 3.63) is 23.9 Å². The molecule has 1 rings (SSSR count). The molecule has 0 aromatic carbocycles. The molecule has 0 spiro atoms. The molecule has 1 amide bonds. The predicted octanol–water partition coefficient (Wildman–Crippen LogP) is 1.89. The Bertz CT molecular complexity index is 461. The van der Waals surface area contributed by atoms with Crippen molar-refractivity contribution in [3.8, 4) is 0 Å². The Kier molecular flexibility index (Phi) is 4.08. The second-order valence-corrected chi connectivity index (χ2v) is 3.02. The standard InChI is InChI=1S/C9H7F3N2O4/c10-9(11,12)4-18-8(17)14-6-5(7(15)16)2-1-3-13-6/h1-3H,4H2,(H,15,16)(H,13,14,17). The molecule has 9 heteroatoms. The fourth-order valence-electron chi connectivity index (χ4n) is 0.958. The van der Waals surface area contributed by atoms with Gasteiger partial charge in [0.15, 0.2) is 6.61 Å². The number of ether oxygens (including phenoxy) is 1. The number of hydrogen-bond acceptors (Lipinski definition) is 4. The summed E-state index contributed by atoms with van der Waals surface area (Å²) in [6.07, 6.45) is -4.92. The Morgan fingerprint density at radius 1 is 1.44 bits per heavy atom. The average Bonchev–Trinajstić information content (AvgIpc) is 2.26. The number of anilines is 1. The molecule has 0 saturated heterocycles. The van der Waals surface area contributed by atoms with Crippen LogP contribution in [0.25, 0.3) is 0 Å². The van der Waals surface area contributed by atoms with E-state index < -0.39 is 30.7 Å². The normalized spacial score (nSPS) is 10.8. The van der Waals surface area contributed by atoms with Crippen LogP contribution in [0.15, 0.2) is 18.3 Å². The smallest absolute Gasteiger partial charge is 0.422 e. The number of pyridine rings is 1. The molecule has 1 heterocycles. The van der Waals surface area contributed by atoms with E-state index in [1.54, 1.807) is 0 Å². The van der Waals surface area contributed by atoms with Gasteiger partial charge in [0, 0.05) is 6.20 Å². The Morgan fingerprint density at radius 3 is 2.67 bits per heavy atom. The first-order valence-corrected chi connectivity index (χ1v) is 4.48. The lowest BCUT2D eigenvalue weighted by molar-refractivity contribution is -0.159. The van der Waals surface area contributed by atoms with Crippen LogP contribution in [0.4, 0.5) is 23.8 Å². The largest absolute Gasteiger partial charge is 0.478 e. The van der Waals surface area contributed by atoms with Crippen molar-refractivity contribution in [2.24, 2.45) is 0 Å². The van der Waals surface area contributed by atoms with Gasteiger partial charge in [-0.15, -0.1) is 0 Å². The summed E-state index contributed by atoms with van der Waals surface area (Å²) >= 11 is 0. The number of nitrogens with one attached hydrogen (secondary N) is 1. The Balaban J connectivity index is 2.68. The number of hydrogen-bond donors (Lipinski definition) is 2. The van der Waals surface area contributed by atoms with E-state index in [0.717, 1.165) is 6.07 Å². The highest BCUT2D eigenvalue weighted by Gasteiger charge is 2.29. The molecule has 0 aliphatic carbocycles. The molecule has 2 N–H and O–H groups in total. The minimum Gasteiger partial charge on any atom is -0.478 e. The van der Waals surface area contributed by atoms with Gasteiger partial charge in [-0.1, -0.05) is 0 Å². The summed E-state index contributed by atoms with van der Waals surface area (Å²) in [4.78, 5) is 25.2. The lowest BCUT2D eigenvalue weighted by atomic mass is 10.2. The van der Waals surface area contributed by atoms with Gasteiger partial charge in [0.1, 0.15) is 11.4 Å². The quantitative estimate of drug-likeness (QED) is 0.870. The van der Waals surface area contributed by atoms with Crippen LogP contribution in [0.5, 0.6) is 0 Å². The molecule has 0 fully saturated rings. The maximum atomic E-state index is 11.7. The summed E-state index contributed by atoms with van der Waals surface area (Å²) in [5, 5.41) is 10.5. The molecule has 0 aliphatic rings. The summed E-state index contributed by atoms with van der Waals surface area (Å²) in [6, 6.07) is 2.43.